The molecule has 2 N–H and O–H groups in total. The standard InChI is InChI=1S/C20H19F3N2O2/c1-2-24-18(26)13-4-3-5-15(10-13)25-19(27)17-11-16(17)12-6-8-14(9-7-12)20(21,22)23/h3-10,16-17H,2,11H2,1H3,(H,24,26)(H,25,27). The van der Waals surface area contributed by atoms with Gasteiger partial charge in [0.15, 0.2) is 0 Å². The van der Waals surface area contributed by atoms with Crippen LogP contribution in [-0.4, -0.2) is 18.4 Å². The number of hydrogen-bond acceptors (Lipinski definition) is 2. The Morgan fingerprint density at radius 1 is 1.11 bits per heavy atom. The monoisotopic (exact) mass is 376 g/mol. The van der Waals surface area contributed by atoms with Crippen molar-refractivity contribution in [3.8, 4) is 0 Å². The van der Waals surface area contributed by atoms with Gasteiger partial charge in [-0.3, -0.25) is 9.59 Å². The Hall–Kier alpha value is -2.83. The molecule has 2 unspecified atom stereocenters. The molecule has 2 amide bonds. The lowest BCUT2D eigenvalue weighted by Gasteiger charge is -2.09. The Balaban J connectivity index is 1.62. The lowest BCUT2D eigenvalue weighted by atomic mass is 10.1. The average Bonchev–Trinajstić information content (AvgIpc) is 3.42. The second-order valence-corrected chi connectivity index (χ2v) is 6.50. The molecule has 0 radical (unpaired) electrons. The van der Waals surface area contributed by atoms with Crippen LogP contribution in [0.15, 0.2) is 48.5 Å². The van der Waals surface area contributed by atoms with Crippen LogP contribution in [0.2, 0.25) is 0 Å². The lowest BCUT2D eigenvalue weighted by molar-refractivity contribution is -0.137. The quantitative estimate of drug-likeness (QED) is 0.822. The van der Waals surface area contributed by atoms with Crippen molar-refractivity contribution in [3.05, 3.63) is 65.2 Å². The molecule has 0 spiro atoms. The van der Waals surface area contributed by atoms with Crippen LogP contribution in [0, 0.1) is 5.92 Å². The third-order valence-electron chi connectivity index (χ3n) is 4.52. The number of benzene rings is 2. The summed E-state index contributed by atoms with van der Waals surface area (Å²) < 4.78 is 37.9. The van der Waals surface area contributed by atoms with Crippen LogP contribution < -0.4 is 10.6 Å². The first kappa shape index (κ1) is 18.9. The van der Waals surface area contributed by atoms with Gasteiger partial charge >= 0.3 is 6.18 Å². The summed E-state index contributed by atoms with van der Waals surface area (Å²) in [5.74, 6) is -0.788. The highest BCUT2D eigenvalue weighted by atomic mass is 19.4. The maximum absolute atomic E-state index is 12.6. The minimum absolute atomic E-state index is 0.0844. The van der Waals surface area contributed by atoms with Gasteiger partial charge in [-0.2, -0.15) is 13.2 Å². The van der Waals surface area contributed by atoms with Crippen molar-refractivity contribution >= 4 is 17.5 Å². The fourth-order valence-electron chi connectivity index (χ4n) is 3.01. The summed E-state index contributed by atoms with van der Waals surface area (Å²) in [6, 6.07) is 11.6. The van der Waals surface area contributed by atoms with Crippen LogP contribution in [0.4, 0.5) is 18.9 Å². The molecule has 142 valence electrons. The summed E-state index contributed by atoms with van der Waals surface area (Å²) in [7, 11) is 0. The number of amides is 2. The summed E-state index contributed by atoms with van der Waals surface area (Å²) >= 11 is 0. The zero-order valence-corrected chi connectivity index (χ0v) is 14.6. The molecule has 1 aliphatic carbocycles. The van der Waals surface area contributed by atoms with Crippen molar-refractivity contribution in [1.29, 1.82) is 0 Å². The molecule has 4 nitrogen and oxygen atoms in total. The van der Waals surface area contributed by atoms with Gasteiger partial charge in [0.05, 0.1) is 5.56 Å². The molecule has 2 aromatic rings. The summed E-state index contributed by atoms with van der Waals surface area (Å²) in [6.07, 6.45) is -3.78. The minimum atomic E-state index is -4.37. The molecule has 0 bridgehead atoms. The number of rotatable bonds is 5. The maximum atomic E-state index is 12.6. The van der Waals surface area contributed by atoms with E-state index in [9.17, 15) is 22.8 Å². The molecule has 2 aromatic carbocycles. The minimum Gasteiger partial charge on any atom is -0.352 e. The smallest absolute Gasteiger partial charge is 0.352 e. The summed E-state index contributed by atoms with van der Waals surface area (Å²) in [5.41, 5.74) is 0.987. The SMILES string of the molecule is CCNC(=O)c1cccc(NC(=O)C2CC2c2ccc(C(F)(F)F)cc2)c1. The third kappa shape index (κ3) is 4.48. The van der Waals surface area contributed by atoms with E-state index >= 15 is 0 Å². The second kappa shape index (κ2) is 7.42. The fourth-order valence-corrected chi connectivity index (χ4v) is 3.01. The Labute approximate surface area is 154 Å². The highest BCUT2D eigenvalue weighted by Gasteiger charge is 2.44. The molecule has 3 rings (SSSR count). The van der Waals surface area contributed by atoms with Gasteiger partial charge in [0, 0.05) is 23.7 Å². The Morgan fingerprint density at radius 3 is 2.44 bits per heavy atom. The summed E-state index contributed by atoms with van der Waals surface area (Å²) in [6.45, 7) is 2.32. The fraction of sp³-hybridized carbons (Fsp3) is 0.300. The largest absolute Gasteiger partial charge is 0.416 e. The van der Waals surface area contributed by atoms with E-state index < -0.39 is 11.7 Å². The average molecular weight is 376 g/mol. The molecule has 7 heteroatoms. The van der Waals surface area contributed by atoms with Crippen LogP contribution >= 0.6 is 0 Å². The highest BCUT2D eigenvalue weighted by Crippen LogP contribution is 2.48. The van der Waals surface area contributed by atoms with E-state index in [1.807, 2.05) is 6.92 Å². The molecule has 1 aliphatic rings. The molecule has 0 saturated heterocycles. The molecule has 1 saturated carbocycles. The topological polar surface area (TPSA) is 58.2 Å². The van der Waals surface area contributed by atoms with Gasteiger partial charge < -0.3 is 10.6 Å². The van der Waals surface area contributed by atoms with Gasteiger partial charge in [-0.05, 0) is 55.2 Å². The zero-order valence-electron chi connectivity index (χ0n) is 14.6. The van der Waals surface area contributed by atoms with Crippen LogP contribution in [0.3, 0.4) is 0 Å². The first-order valence-corrected chi connectivity index (χ1v) is 8.66. The van der Waals surface area contributed by atoms with E-state index in [1.54, 1.807) is 24.3 Å². The van der Waals surface area contributed by atoms with Crippen molar-refractivity contribution in [2.24, 2.45) is 5.92 Å². The van der Waals surface area contributed by atoms with Crippen LogP contribution in [0.5, 0.6) is 0 Å². The van der Waals surface area contributed by atoms with Crippen LogP contribution in [0.25, 0.3) is 0 Å². The van der Waals surface area contributed by atoms with E-state index in [0.717, 1.165) is 17.7 Å². The van der Waals surface area contributed by atoms with Gasteiger partial charge in [-0.15, -0.1) is 0 Å². The lowest BCUT2D eigenvalue weighted by Crippen LogP contribution is -2.23. The molecule has 0 heterocycles. The first-order chi connectivity index (χ1) is 12.8. The molecule has 0 aliphatic heterocycles. The normalized spacial score (nSPS) is 18.7. The molecule has 2 atom stereocenters. The Morgan fingerprint density at radius 2 is 1.81 bits per heavy atom. The second-order valence-electron chi connectivity index (χ2n) is 6.50. The van der Waals surface area contributed by atoms with Gasteiger partial charge in [0.2, 0.25) is 5.91 Å². The summed E-state index contributed by atoms with van der Waals surface area (Å²) in [4.78, 5) is 24.3. The number of hydrogen-bond donors (Lipinski definition) is 2. The molecular weight excluding hydrogens is 357 g/mol. The van der Waals surface area contributed by atoms with E-state index in [2.05, 4.69) is 10.6 Å². The van der Waals surface area contributed by atoms with Gasteiger partial charge in [-0.25, -0.2) is 0 Å². The van der Waals surface area contributed by atoms with Crippen molar-refractivity contribution in [1.82, 2.24) is 5.32 Å². The molecular formula is C20H19F3N2O2. The van der Waals surface area contributed by atoms with E-state index in [-0.39, 0.29) is 23.7 Å². The van der Waals surface area contributed by atoms with Crippen molar-refractivity contribution < 1.29 is 22.8 Å². The number of carbonyl (C=O) groups excluding carboxylic acids is 2. The van der Waals surface area contributed by atoms with Gasteiger partial charge in [0.1, 0.15) is 0 Å². The highest BCUT2D eigenvalue weighted by molar-refractivity contribution is 5.98. The summed E-state index contributed by atoms with van der Waals surface area (Å²) in [5, 5.41) is 5.47. The van der Waals surface area contributed by atoms with Gasteiger partial charge in [-0.1, -0.05) is 18.2 Å². The molecule has 27 heavy (non-hydrogen) atoms. The van der Waals surface area contributed by atoms with Gasteiger partial charge in [0.25, 0.3) is 5.91 Å². The number of alkyl halides is 3. The van der Waals surface area contributed by atoms with E-state index in [4.69, 9.17) is 0 Å². The predicted molar refractivity (Wildman–Crippen MR) is 95.4 cm³/mol. The number of carbonyl (C=O) groups is 2. The zero-order chi connectivity index (χ0) is 19.6. The van der Waals surface area contributed by atoms with E-state index in [1.165, 1.54) is 12.1 Å². The van der Waals surface area contributed by atoms with Crippen molar-refractivity contribution in [3.63, 3.8) is 0 Å². The van der Waals surface area contributed by atoms with Crippen molar-refractivity contribution in [2.75, 3.05) is 11.9 Å². The first-order valence-electron chi connectivity index (χ1n) is 8.66. The Kier molecular flexibility index (Phi) is 5.21. The number of anilines is 1. The van der Waals surface area contributed by atoms with Crippen LogP contribution in [0.1, 0.15) is 40.7 Å². The van der Waals surface area contributed by atoms with Crippen LogP contribution in [-0.2, 0) is 11.0 Å². The molecule has 0 aromatic heterocycles. The van der Waals surface area contributed by atoms with Crippen molar-refractivity contribution in [2.45, 2.75) is 25.4 Å². The molecule has 1 fully saturated rings. The predicted octanol–water partition coefficient (Wildman–Crippen LogP) is 4.20. The Bertz CT molecular complexity index is 847. The maximum Gasteiger partial charge on any atom is 0.416 e. The number of nitrogens with one attached hydrogen (secondary N) is 2. The number of halogens is 3. The third-order valence-corrected chi connectivity index (χ3v) is 4.52. The van der Waals surface area contributed by atoms with E-state index in [0.29, 0.717) is 24.2 Å².